The molecule has 0 unspecified atom stereocenters. The highest BCUT2D eigenvalue weighted by Crippen LogP contribution is 2.30. The normalized spacial score (nSPS) is 14.0. The molecule has 144 valence electrons. The number of benzene rings is 2. The summed E-state index contributed by atoms with van der Waals surface area (Å²) in [6, 6.07) is 9.25. The Morgan fingerprint density at radius 1 is 1.18 bits per heavy atom. The van der Waals surface area contributed by atoms with Crippen molar-refractivity contribution in [2.75, 3.05) is 6.54 Å². The van der Waals surface area contributed by atoms with E-state index in [0.717, 1.165) is 11.0 Å². The summed E-state index contributed by atoms with van der Waals surface area (Å²) in [5.41, 5.74) is -0.199. The molecule has 2 aromatic rings. The fourth-order valence-electron chi connectivity index (χ4n) is 2.93. The number of halogens is 1. The van der Waals surface area contributed by atoms with E-state index in [0.29, 0.717) is 5.56 Å². The smallest absolute Gasteiger partial charge is 0.308 e. The summed E-state index contributed by atoms with van der Waals surface area (Å²) < 4.78 is 18.2. The third-order valence-corrected chi connectivity index (χ3v) is 4.36. The molecule has 1 heterocycles. The Morgan fingerprint density at radius 2 is 1.86 bits per heavy atom. The van der Waals surface area contributed by atoms with Crippen LogP contribution in [0, 0.1) is 15.9 Å². The van der Waals surface area contributed by atoms with Gasteiger partial charge in [-0.15, -0.1) is 0 Å². The lowest BCUT2D eigenvalue weighted by Crippen LogP contribution is -2.32. The number of carbonyl (C=O) groups is 3. The van der Waals surface area contributed by atoms with Gasteiger partial charge in [-0.1, -0.05) is 18.2 Å². The molecule has 1 aliphatic heterocycles. The number of hydrogen-bond donors (Lipinski definition) is 0. The van der Waals surface area contributed by atoms with E-state index in [9.17, 15) is 28.9 Å². The van der Waals surface area contributed by atoms with Gasteiger partial charge in [-0.3, -0.25) is 29.4 Å². The highest BCUT2D eigenvalue weighted by Gasteiger charge is 2.40. The van der Waals surface area contributed by atoms with Gasteiger partial charge in [0.1, 0.15) is 17.5 Å². The predicted octanol–water partition coefficient (Wildman–Crippen LogP) is 3.02. The Morgan fingerprint density at radius 3 is 2.50 bits per heavy atom. The number of esters is 1. The number of fused-ring (bicyclic) bond motifs is 1. The number of carbonyl (C=O) groups excluding carboxylic acids is 3. The molecule has 0 spiro atoms. The van der Waals surface area contributed by atoms with Gasteiger partial charge < -0.3 is 4.74 Å². The lowest BCUT2D eigenvalue weighted by Gasteiger charge is -2.16. The first-order chi connectivity index (χ1) is 13.3. The van der Waals surface area contributed by atoms with Gasteiger partial charge >= 0.3 is 5.97 Å². The maximum Gasteiger partial charge on any atom is 0.308 e. The van der Waals surface area contributed by atoms with Crippen molar-refractivity contribution >= 4 is 23.5 Å². The monoisotopic (exact) mass is 386 g/mol. The molecule has 3 rings (SSSR count). The van der Waals surface area contributed by atoms with E-state index < -0.39 is 40.3 Å². The Labute approximate surface area is 158 Å². The molecule has 8 nitrogen and oxygen atoms in total. The largest absolute Gasteiger partial charge is 0.458 e. The molecule has 1 aliphatic rings. The lowest BCUT2D eigenvalue weighted by molar-refractivity contribution is -0.385. The van der Waals surface area contributed by atoms with Crippen LogP contribution in [0.25, 0.3) is 0 Å². The van der Waals surface area contributed by atoms with Gasteiger partial charge in [-0.2, -0.15) is 0 Å². The van der Waals surface area contributed by atoms with Crippen LogP contribution in [0.5, 0.6) is 0 Å². The van der Waals surface area contributed by atoms with E-state index in [4.69, 9.17) is 4.74 Å². The molecule has 0 saturated carbocycles. The van der Waals surface area contributed by atoms with Crippen molar-refractivity contribution in [2.24, 2.45) is 0 Å². The van der Waals surface area contributed by atoms with Crippen molar-refractivity contribution in [2.45, 2.75) is 19.4 Å². The minimum Gasteiger partial charge on any atom is -0.458 e. The van der Waals surface area contributed by atoms with Gasteiger partial charge in [0.25, 0.3) is 17.5 Å². The van der Waals surface area contributed by atoms with Gasteiger partial charge in [0.15, 0.2) is 0 Å². The van der Waals surface area contributed by atoms with Crippen LogP contribution in [0.15, 0.2) is 42.5 Å². The second-order valence-corrected chi connectivity index (χ2v) is 6.15. The van der Waals surface area contributed by atoms with Gasteiger partial charge in [0.05, 0.1) is 16.9 Å². The van der Waals surface area contributed by atoms with Crippen LogP contribution in [0.2, 0.25) is 0 Å². The molecule has 2 aromatic carbocycles. The van der Waals surface area contributed by atoms with E-state index in [1.54, 1.807) is 6.92 Å². The summed E-state index contributed by atoms with van der Waals surface area (Å²) in [5, 5.41) is 11.1. The first-order valence-corrected chi connectivity index (χ1v) is 8.38. The van der Waals surface area contributed by atoms with Crippen molar-refractivity contribution in [3.63, 3.8) is 0 Å². The Bertz CT molecular complexity index is 973. The molecular formula is C19H15FN2O6. The van der Waals surface area contributed by atoms with Crippen LogP contribution >= 0.6 is 0 Å². The molecule has 9 heteroatoms. The number of nitro groups is 1. The zero-order valence-electron chi connectivity index (χ0n) is 14.8. The number of nitrogens with zero attached hydrogens (tertiary/aromatic N) is 2. The van der Waals surface area contributed by atoms with Gasteiger partial charge in [-0.25, -0.2) is 4.39 Å². The van der Waals surface area contributed by atoms with E-state index in [1.165, 1.54) is 36.4 Å². The fraction of sp³-hybridized carbons (Fsp3) is 0.211. The molecule has 0 radical (unpaired) electrons. The minimum atomic E-state index is -0.813. The summed E-state index contributed by atoms with van der Waals surface area (Å²) in [7, 11) is 0. The van der Waals surface area contributed by atoms with Crippen LogP contribution in [0.4, 0.5) is 10.1 Å². The van der Waals surface area contributed by atoms with E-state index in [1.807, 2.05) is 0 Å². The summed E-state index contributed by atoms with van der Waals surface area (Å²) in [4.78, 5) is 48.0. The first kappa shape index (κ1) is 19.2. The zero-order chi connectivity index (χ0) is 20.4. The maximum absolute atomic E-state index is 13.0. The zero-order valence-corrected chi connectivity index (χ0v) is 14.8. The van der Waals surface area contributed by atoms with Crippen LogP contribution in [0.3, 0.4) is 0 Å². The predicted molar refractivity (Wildman–Crippen MR) is 94.0 cm³/mol. The molecule has 0 bridgehead atoms. The number of rotatable bonds is 6. The molecular weight excluding hydrogens is 371 g/mol. The average molecular weight is 386 g/mol. The fourth-order valence-corrected chi connectivity index (χ4v) is 2.93. The van der Waals surface area contributed by atoms with Crippen molar-refractivity contribution in [1.82, 2.24) is 4.90 Å². The molecule has 0 aromatic heterocycles. The SMILES string of the molecule is C[C@@H](OC(=O)CCN1C(=O)c2cccc([N+](=O)[O-])c2C1=O)c1ccc(F)cc1. The van der Waals surface area contributed by atoms with Crippen molar-refractivity contribution in [3.8, 4) is 0 Å². The molecule has 0 fully saturated rings. The Hall–Kier alpha value is -3.62. The van der Waals surface area contributed by atoms with Gasteiger partial charge in [-0.05, 0) is 30.7 Å². The second-order valence-electron chi connectivity index (χ2n) is 6.15. The average Bonchev–Trinajstić information content (AvgIpc) is 2.91. The Balaban J connectivity index is 1.65. The van der Waals surface area contributed by atoms with E-state index in [2.05, 4.69) is 0 Å². The number of hydrogen-bond acceptors (Lipinski definition) is 6. The second kappa shape index (κ2) is 7.55. The lowest BCUT2D eigenvalue weighted by atomic mass is 10.1. The third-order valence-electron chi connectivity index (χ3n) is 4.36. The van der Waals surface area contributed by atoms with E-state index >= 15 is 0 Å². The maximum atomic E-state index is 13.0. The quantitative estimate of drug-likeness (QED) is 0.327. The van der Waals surface area contributed by atoms with Crippen LogP contribution in [0.1, 0.15) is 45.7 Å². The number of imide groups is 1. The number of ether oxygens (including phenoxy) is 1. The van der Waals surface area contributed by atoms with Crippen LogP contribution in [-0.2, 0) is 9.53 Å². The highest BCUT2D eigenvalue weighted by atomic mass is 19.1. The van der Waals surface area contributed by atoms with Crippen molar-refractivity contribution < 1.29 is 28.4 Å². The summed E-state index contributed by atoms with van der Waals surface area (Å²) in [6.45, 7) is 1.34. The summed E-state index contributed by atoms with van der Waals surface area (Å²) >= 11 is 0. The summed E-state index contributed by atoms with van der Waals surface area (Å²) in [6.07, 6.45) is -0.915. The minimum absolute atomic E-state index is 0.0627. The molecule has 28 heavy (non-hydrogen) atoms. The topological polar surface area (TPSA) is 107 Å². The number of amides is 2. The molecule has 1 atom stereocenters. The van der Waals surface area contributed by atoms with Gasteiger partial charge in [0, 0.05) is 12.6 Å². The highest BCUT2D eigenvalue weighted by molar-refractivity contribution is 6.23. The van der Waals surface area contributed by atoms with Crippen molar-refractivity contribution in [3.05, 3.63) is 75.1 Å². The molecule has 0 saturated heterocycles. The standard InChI is InChI=1S/C19H15FN2O6/c1-11(12-5-7-13(20)8-6-12)28-16(23)9-10-21-18(24)14-3-2-4-15(22(26)27)17(14)19(21)25/h2-8,11H,9-10H2,1H3/t11-/m1/s1. The van der Waals surface area contributed by atoms with Crippen LogP contribution in [-0.4, -0.2) is 34.2 Å². The Kier molecular flexibility index (Phi) is 5.16. The number of nitro benzene ring substituents is 1. The van der Waals surface area contributed by atoms with E-state index in [-0.39, 0.29) is 24.1 Å². The first-order valence-electron chi connectivity index (χ1n) is 8.38. The summed E-state index contributed by atoms with van der Waals surface area (Å²) in [5.74, 6) is -2.58. The molecule has 0 N–H and O–H groups in total. The van der Waals surface area contributed by atoms with Crippen LogP contribution < -0.4 is 0 Å². The molecule has 0 aliphatic carbocycles. The third kappa shape index (κ3) is 3.59. The van der Waals surface area contributed by atoms with Gasteiger partial charge in [0.2, 0.25) is 0 Å². The van der Waals surface area contributed by atoms with Crippen molar-refractivity contribution in [1.29, 1.82) is 0 Å². The molecule has 2 amide bonds.